The molecule has 0 saturated carbocycles. The third-order valence-electron chi connectivity index (χ3n) is 5.14. The fourth-order valence-corrected chi connectivity index (χ4v) is 4.85. The minimum atomic E-state index is -0.177. The first-order valence-corrected chi connectivity index (χ1v) is 12.6. The Hall–Kier alpha value is -3.89. The van der Waals surface area contributed by atoms with Crippen LogP contribution in [0.15, 0.2) is 81.9 Å². The van der Waals surface area contributed by atoms with Gasteiger partial charge in [-0.25, -0.2) is 4.98 Å². The number of methoxy groups -OCH3 is 1. The number of aryl methyl sites for hydroxylation is 1. The largest absolute Gasteiger partial charge is 0.497 e. The lowest BCUT2D eigenvalue weighted by Gasteiger charge is -2.09. The quantitative estimate of drug-likeness (QED) is 0.271. The highest BCUT2D eigenvalue weighted by Gasteiger charge is 2.19. The summed E-state index contributed by atoms with van der Waals surface area (Å²) in [6, 6.07) is 19.3. The van der Waals surface area contributed by atoms with E-state index in [0.29, 0.717) is 21.9 Å². The number of carbonyl (C=O) groups is 1. The average molecular weight is 504 g/mol. The van der Waals surface area contributed by atoms with Crippen LogP contribution in [-0.4, -0.2) is 38.5 Å². The molecule has 0 saturated heterocycles. The summed E-state index contributed by atoms with van der Waals surface area (Å²) >= 11 is 2.68. The first-order chi connectivity index (χ1) is 17.1. The first kappa shape index (κ1) is 22.9. The highest BCUT2D eigenvalue weighted by molar-refractivity contribution is 7.99. The predicted octanol–water partition coefficient (Wildman–Crippen LogP) is 5.70. The summed E-state index contributed by atoms with van der Waals surface area (Å²) in [6.07, 6.45) is 1.60. The Kier molecular flexibility index (Phi) is 6.64. The smallest absolute Gasteiger partial charge is 0.236 e. The van der Waals surface area contributed by atoms with E-state index in [0.717, 1.165) is 28.3 Å². The van der Waals surface area contributed by atoms with Gasteiger partial charge in [0, 0.05) is 16.6 Å². The maximum atomic E-state index is 12.7. The van der Waals surface area contributed by atoms with E-state index in [9.17, 15) is 4.79 Å². The molecule has 0 atom stereocenters. The molecule has 5 aromatic rings. The fourth-order valence-electron chi connectivity index (χ4n) is 3.37. The van der Waals surface area contributed by atoms with E-state index in [2.05, 4.69) is 20.5 Å². The number of thiazole rings is 1. The second-order valence-corrected chi connectivity index (χ2v) is 9.36. The van der Waals surface area contributed by atoms with Crippen molar-refractivity contribution in [1.82, 2.24) is 19.7 Å². The summed E-state index contributed by atoms with van der Waals surface area (Å²) in [5, 5.41) is 14.6. The second-order valence-electron chi connectivity index (χ2n) is 7.56. The van der Waals surface area contributed by atoms with Crippen LogP contribution in [0, 0.1) is 6.92 Å². The molecule has 176 valence electrons. The zero-order chi connectivity index (χ0) is 24.2. The molecule has 10 heteroatoms. The van der Waals surface area contributed by atoms with Gasteiger partial charge in [-0.3, -0.25) is 9.36 Å². The Labute approximate surface area is 210 Å². The number of hydrogen-bond donors (Lipinski definition) is 1. The van der Waals surface area contributed by atoms with E-state index >= 15 is 0 Å². The number of nitrogens with one attached hydrogen (secondary N) is 1. The molecule has 5 rings (SSSR count). The Morgan fingerprint density at radius 1 is 1.11 bits per heavy atom. The Morgan fingerprint density at radius 3 is 2.63 bits per heavy atom. The molecule has 8 nitrogen and oxygen atoms in total. The van der Waals surface area contributed by atoms with Crippen molar-refractivity contribution >= 4 is 34.1 Å². The van der Waals surface area contributed by atoms with Crippen LogP contribution >= 0.6 is 23.1 Å². The van der Waals surface area contributed by atoms with Crippen molar-refractivity contribution in [2.75, 3.05) is 18.2 Å². The van der Waals surface area contributed by atoms with Crippen molar-refractivity contribution in [2.45, 2.75) is 12.1 Å². The topological polar surface area (TPSA) is 95.1 Å². The average Bonchev–Trinajstić information content (AvgIpc) is 3.64. The van der Waals surface area contributed by atoms with E-state index in [1.165, 1.54) is 23.1 Å². The first-order valence-electron chi connectivity index (χ1n) is 10.7. The molecular weight excluding hydrogens is 482 g/mol. The standard InChI is InChI=1S/C25H21N5O3S2/c1-16-5-9-18(10-6-16)30-23(21-4-3-13-33-21)28-29-25(30)35-15-22(31)27-24-26-20(14-34-24)17-7-11-19(32-2)12-8-17/h3-14H,15H2,1-2H3,(H,26,27,31). The molecule has 0 radical (unpaired) electrons. The summed E-state index contributed by atoms with van der Waals surface area (Å²) in [5.41, 5.74) is 3.78. The van der Waals surface area contributed by atoms with Gasteiger partial charge in [0.05, 0.1) is 24.8 Å². The van der Waals surface area contributed by atoms with Crippen LogP contribution < -0.4 is 10.1 Å². The van der Waals surface area contributed by atoms with Crippen LogP contribution in [0.2, 0.25) is 0 Å². The molecule has 0 fully saturated rings. The highest BCUT2D eigenvalue weighted by atomic mass is 32.2. The van der Waals surface area contributed by atoms with Gasteiger partial charge in [-0.1, -0.05) is 29.5 Å². The van der Waals surface area contributed by atoms with Crippen molar-refractivity contribution in [3.63, 3.8) is 0 Å². The summed E-state index contributed by atoms with van der Waals surface area (Å²) in [6.45, 7) is 2.03. The maximum Gasteiger partial charge on any atom is 0.236 e. The molecule has 0 spiro atoms. The van der Waals surface area contributed by atoms with Gasteiger partial charge in [0.15, 0.2) is 16.0 Å². The lowest BCUT2D eigenvalue weighted by molar-refractivity contribution is -0.113. The normalized spacial score (nSPS) is 10.9. The molecule has 2 aromatic carbocycles. The van der Waals surface area contributed by atoms with Gasteiger partial charge in [-0.15, -0.1) is 21.5 Å². The van der Waals surface area contributed by atoms with Crippen molar-refractivity contribution in [1.29, 1.82) is 0 Å². The van der Waals surface area contributed by atoms with Crippen LogP contribution in [0.1, 0.15) is 5.56 Å². The monoisotopic (exact) mass is 503 g/mol. The zero-order valence-corrected chi connectivity index (χ0v) is 20.6. The molecule has 3 aromatic heterocycles. The van der Waals surface area contributed by atoms with E-state index in [1.807, 2.05) is 71.5 Å². The third-order valence-corrected chi connectivity index (χ3v) is 6.82. The number of rotatable bonds is 8. The van der Waals surface area contributed by atoms with E-state index < -0.39 is 0 Å². The van der Waals surface area contributed by atoms with Gasteiger partial charge in [-0.05, 0) is 55.5 Å². The molecule has 3 heterocycles. The number of anilines is 1. The maximum absolute atomic E-state index is 12.7. The number of benzene rings is 2. The molecule has 0 bridgehead atoms. The number of carbonyl (C=O) groups excluding carboxylic acids is 1. The Morgan fingerprint density at radius 2 is 1.91 bits per heavy atom. The summed E-state index contributed by atoms with van der Waals surface area (Å²) in [7, 11) is 1.63. The Balaban J connectivity index is 1.29. The summed E-state index contributed by atoms with van der Waals surface area (Å²) in [4.78, 5) is 17.2. The number of thioether (sulfide) groups is 1. The number of hydrogen-bond acceptors (Lipinski definition) is 8. The highest BCUT2D eigenvalue weighted by Crippen LogP contribution is 2.29. The fraction of sp³-hybridized carbons (Fsp3) is 0.120. The minimum absolute atomic E-state index is 0.152. The summed E-state index contributed by atoms with van der Waals surface area (Å²) in [5.74, 6) is 1.93. The van der Waals surface area contributed by atoms with Crippen LogP contribution in [-0.2, 0) is 4.79 Å². The second kappa shape index (κ2) is 10.2. The lowest BCUT2D eigenvalue weighted by atomic mass is 10.2. The van der Waals surface area contributed by atoms with E-state index in [1.54, 1.807) is 19.4 Å². The molecule has 0 aliphatic rings. The van der Waals surface area contributed by atoms with Gasteiger partial charge in [-0.2, -0.15) is 0 Å². The Bertz CT molecular complexity index is 1430. The summed E-state index contributed by atoms with van der Waals surface area (Å²) < 4.78 is 12.6. The van der Waals surface area contributed by atoms with E-state index in [-0.39, 0.29) is 11.7 Å². The molecule has 1 amide bonds. The van der Waals surface area contributed by atoms with Crippen molar-refractivity contribution in [3.05, 3.63) is 77.9 Å². The van der Waals surface area contributed by atoms with Gasteiger partial charge in [0.25, 0.3) is 0 Å². The van der Waals surface area contributed by atoms with Crippen LogP contribution in [0.3, 0.4) is 0 Å². The third kappa shape index (κ3) is 5.13. The molecule has 35 heavy (non-hydrogen) atoms. The van der Waals surface area contributed by atoms with Crippen molar-refractivity contribution in [2.24, 2.45) is 0 Å². The molecular formula is C25H21N5O3S2. The number of amides is 1. The number of aromatic nitrogens is 4. The van der Waals surface area contributed by atoms with Crippen molar-refractivity contribution < 1.29 is 13.9 Å². The molecule has 0 unspecified atom stereocenters. The van der Waals surface area contributed by atoms with Gasteiger partial charge in [0.1, 0.15) is 5.75 Å². The molecule has 0 aliphatic carbocycles. The van der Waals surface area contributed by atoms with Crippen LogP contribution in [0.5, 0.6) is 5.75 Å². The number of ether oxygens (including phenoxy) is 1. The minimum Gasteiger partial charge on any atom is -0.497 e. The molecule has 1 N–H and O–H groups in total. The zero-order valence-electron chi connectivity index (χ0n) is 19.0. The van der Waals surface area contributed by atoms with Crippen molar-refractivity contribution in [3.8, 4) is 34.3 Å². The van der Waals surface area contributed by atoms with Gasteiger partial charge >= 0.3 is 0 Å². The van der Waals surface area contributed by atoms with Gasteiger partial charge in [0.2, 0.25) is 11.7 Å². The van der Waals surface area contributed by atoms with Crippen LogP contribution in [0.4, 0.5) is 5.13 Å². The molecule has 0 aliphatic heterocycles. The number of furan rings is 1. The number of nitrogens with zero attached hydrogens (tertiary/aromatic N) is 4. The lowest BCUT2D eigenvalue weighted by Crippen LogP contribution is -2.14. The van der Waals surface area contributed by atoms with E-state index in [4.69, 9.17) is 9.15 Å². The van der Waals surface area contributed by atoms with Gasteiger partial charge < -0.3 is 14.5 Å². The SMILES string of the molecule is COc1ccc(-c2csc(NC(=O)CSc3nnc(-c4ccco4)n3-c3ccc(C)cc3)n2)cc1. The van der Waals surface area contributed by atoms with Crippen LogP contribution in [0.25, 0.3) is 28.5 Å². The predicted molar refractivity (Wildman–Crippen MR) is 137 cm³/mol.